The third-order valence-corrected chi connectivity index (χ3v) is 3.91. The van der Waals surface area contributed by atoms with Gasteiger partial charge in [0.15, 0.2) is 0 Å². The Morgan fingerprint density at radius 2 is 2.32 bits per heavy atom. The number of para-hydroxylation sites is 1. The van der Waals surface area contributed by atoms with Crippen LogP contribution in [-0.2, 0) is 0 Å². The van der Waals surface area contributed by atoms with Gasteiger partial charge < -0.3 is 20.4 Å². The molecule has 0 aliphatic carbocycles. The number of piperazine rings is 1. The number of benzene rings is 1. The van der Waals surface area contributed by atoms with Gasteiger partial charge in [-0.1, -0.05) is 18.2 Å². The Kier molecular flexibility index (Phi) is 3.55. The normalized spacial score (nSPS) is 22.7. The van der Waals surface area contributed by atoms with Crippen molar-refractivity contribution in [3.05, 3.63) is 36.1 Å². The lowest BCUT2D eigenvalue weighted by atomic mass is 9.98. The first-order chi connectivity index (χ1) is 9.24. The predicted octanol–water partition coefficient (Wildman–Crippen LogP) is 1.73. The van der Waals surface area contributed by atoms with Crippen molar-refractivity contribution in [2.24, 2.45) is 5.73 Å². The first-order valence-electron chi connectivity index (χ1n) is 6.87. The zero-order valence-electron chi connectivity index (χ0n) is 11.3. The molecule has 2 unspecified atom stereocenters. The number of nitrogens with two attached hydrogens (primary N) is 1. The second-order valence-electron chi connectivity index (χ2n) is 5.44. The van der Waals surface area contributed by atoms with Gasteiger partial charge in [-0.25, -0.2) is 0 Å². The molecule has 4 heteroatoms. The summed E-state index contributed by atoms with van der Waals surface area (Å²) in [6.07, 6.45) is 2.75. The number of furan rings is 1. The van der Waals surface area contributed by atoms with Crippen molar-refractivity contribution in [1.82, 2.24) is 10.2 Å². The van der Waals surface area contributed by atoms with Crippen LogP contribution in [0.15, 0.2) is 34.9 Å². The van der Waals surface area contributed by atoms with Crippen LogP contribution in [0.1, 0.15) is 18.0 Å². The van der Waals surface area contributed by atoms with Gasteiger partial charge >= 0.3 is 0 Å². The Bertz CT molecular complexity index is 551. The smallest absolute Gasteiger partial charge is 0.134 e. The van der Waals surface area contributed by atoms with E-state index in [1.165, 1.54) is 0 Å². The highest BCUT2D eigenvalue weighted by atomic mass is 16.3. The molecule has 1 aromatic heterocycles. The Hall–Kier alpha value is -1.36. The average molecular weight is 259 g/mol. The Morgan fingerprint density at radius 1 is 1.47 bits per heavy atom. The maximum atomic E-state index is 6.36. The van der Waals surface area contributed by atoms with Gasteiger partial charge in [-0.05, 0) is 19.5 Å². The third-order valence-electron chi connectivity index (χ3n) is 3.91. The molecule has 0 bridgehead atoms. The molecule has 2 heterocycles. The molecule has 1 aliphatic rings. The molecule has 1 fully saturated rings. The van der Waals surface area contributed by atoms with Crippen LogP contribution in [0.25, 0.3) is 11.0 Å². The second kappa shape index (κ2) is 5.33. The fourth-order valence-electron chi connectivity index (χ4n) is 2.87. The standard InChI is InChI=1S/C15H21N3O/c1-18-7-6-17-11(9-18)8-14(16)13-10-19-15-5-3-2-4-12(13)15/h2-5,10-11,14,17H,6-9,16H2,1H3. The quantitative estimate of drug-likeness (QED) is 0.881. The van der Waals surface area contributed by atoms with Gasteiger partial charge in [-0.2, -0.15) is 0 Å². The summed E-state index contributed by atoms with van der Waals surface area (Å²) in [6.45, 7) is 3.21. The van der Waals surface area contributed by atoms with Gasteiger partial charge in [0.2, 0.25) is 0 Å². The van der Waals surface area contributed by atoms with Crippen molar-refractivity contribution in [3.63, 3.8) is 0 Å². The average Bonchev–Trinajstić information content (AvgIpc) is 2.82. The summed E-state index contributed by atoms with van der Waals surface area (Å²) in [4.78, 5) is 2.35. The number of hydrogen-bond donors (Lipinski definition) is 2. The number of hydrogen-bond acceptors (Lipinski definition) is 4. The summed E-state index contributed by atoms with van der Waals surface area (Å²) < 4.78 is 5.57. The zero-order chi connectivity index (χ0) is 13.2. The first kappa shape index (κ1) is 12.7. The SMILES string of the molecule is CN1CCNC(CC(N)c2coc3ccccc23)C1. The molecule has 4 nitrogen and oxygen atoms in total. The van der Waals surface area contributed by atoms with E-state index in [1.807, 2.05) is 24.5 Å². The van der Waals surface area contributed by atoms with Crippen molar-refractivity contribution in [2.75, 3.05) is 26.7 Å². The second-order valence-corrected chi connectivity index (χ2v) is 5.44. The van der Waals surface area contributed by atoms with E-state index in [2.05, 4.69) is 23.3 Å². The molecular formula is C15H21N3O. The highest BCUT2D eigenvalue weighted by Crippen LogP contribution is 2.27. The van der Waals surface area contributed by atoms with Crippen LogP contribution in [0, 0.1) is 0 Å². The molecule has 1 saturated heterocycles. The lowest BCUT2D eigenvalue weighted by Crippen LogP contribution is -2.49. The number of fused-ring (bicyclic) bond motifs is 1. The maximum absolute atomic E-state index is 6.36. The summed E-state index contributed by atoms with van der Waals surface area (Å²) in [5.41, 5.74) is 8.40. The van der Waals surface area contributed by atoms with E-state index in [9.17, 15) is 0 Å². The molecule has 19 heavy (non-hydrogen) atoms. The van der Waals surface area contributed by atoms with Crippen LogP contribution in [-0.4, -0.2) is 37.6 Å². The van der Waals surface area contributed by atoms with Gasteiger partial charge in [0.05, 0.1) is 6.26 Å². The van der Waals surface area contributed by atoms with E-state index in [-0.39, 0.29) is 6.04 Å². The molecule has 0 saturated carbocycles. The molecule has 102 valence electrons. The van der Waals surface area contributed by atoms with E-state index in [0.717, 1.165) is 42.6 Å². The molecule has 2 aromatic rings. The summed E-state index contributed by atoms with van der Waals surface area (Å²) in [7, 11) is 2.16. The van der Waals surface area contributed by atoms with Crippen LogP contribution in [0.3, 0.4) is 0 Å². The minimum atomic E-state index is 0.0210. The Morgan fingerprint density at radius 3 is 3.16 bits per heavy atom. The fourth-order valence-corrected chi connectivity index (χ4v) is 2.87. The summed E-state index contributed by atoms with van der Waals surface area (Å²) in [5.74, 6) is 0. The lowest BCUT2D eigenvalue weighted by Gasteiger charge is -2.32. The van der Waals surface area contributed by atoms with Crippen molar-refractivity contribution in [2.45, 2.75) is 18.5 Å². The molecular weight excluding hydrogens is 238 g/mol. The number of rotatable bonds is 3. The first-order valence-corrected chi connectivity index (χ1v) is 6.87. The molecule has 2 atom stereocenters. The molecule has 1 aliphatic heterocycles. The molecule has 0 spiro atoms. The minimum absolute atomic E-state index is 0.0210. The number of nitrogens with zero attached hydrogens (tertiary/aromatic N) is 1. The number of nitrogens with one attached hydrogen (secondary N) is 1. The van der Waals surface area contributed by atoms with E-state index in [0.29, 0.717) is 6.04 Å². The van der Waals surface area contributed by atoms with E-state index in [1.54, 1.807) is 0 Å². The summed E-state index contributed by atoms with van der Waals surface area (Å²) in [5, 5.41) is 4.68. The van der Waals surface area contributed by atoms with Crippen molar-refractivity contribution in [3.8, 4) is 0 Å². The molecule has 0 amide bonds. The van der Waals surface area contributed by atoms with E-state index in [4.69, 9.17) is 10.2 Å². The van der Waals surface area contributed by atoms with E-state index >= 15 is 0 Å². The van der Waals surface area contributed by atoms with Crippen LogP contribution in [0.5, 0.6) is 0 Å². The minimum Gasteiger partial charge on any atom is -0.464 e. The zero-order valence-corrected chi connectivity index (χ0v) is 11.3. The molecule has 3 rings (SSSR count). The number of likely N-dealkylation sites (N-methyl/N-ethyl adjacent to an activating group) is 1. The van der Waals surface area contributed by atoms with Crippen molar-refractivity contribution in [1.29, 1.82) is 0 Å². The highest BCUT2D eigenvalue weighted by molar-refractivity contribution is 5.81. The van der Waals surface area contributed by atoms with Crippen LogP contribution >= 0.6 is 0 Å². The Labute approximate surface area is 113 Å². The summed E-state index contributed by atoms with van der Waals surface area (Å²) in [6, 6.07) is 8.56. The largest absolute Gasteiger partial charge is 0.464 e. The maximum Gasteiger partial charge on any atom is 0.134 e. The third kappa shape index (κ3) is 2.66. The van der Waals surface area contributed by atoms with Gasteiger partial charge in [-0.3, -0.25) is 0 Å². The van der Waals surface area contributed by atoms with Crippen LogP contribution in [0.4, 0.5) is 0 Å². The van der Waals surface area contributed by atoms with Crippen LogP contribution < -0.4 is 11.1 Å². The van der Waals surface area contributed by atoms with E-state index < -0.39 is 0 Å². The summed E-state index contributed by atoms with van der Waals surface area (Å²) >= 11 is 0. The molecule has 3 N–H and O–H groups in total. The lowest BCUT2D eigenvalue weighted by molar-refractivity contribution is 0.226. The van der Waals surface area contributed by atoms with Crippen molar-refractivity contribution < 1.29 is 4.42 Å². The topological polar surface area (TPSA) is 54.4 Å². The monoisotopic (exact) mass is 259 g/mol. The van der Waals surface area contributed by atoms with Gasteiger partial charge in [-0.15, -0.1) is 0 Å². The Balaban J connectivity index is 1.74. The molecule has 1 aromatic carbocycles. The fraction of sp³-hybridized carbons (Fsp3) is 0.467. The molecule has 0 radical (unpaired) electrons. The van der Waals surface area contributed by atoms with Crippen molar-refractivity contribution >= 4 is 11.0 Å². The van der Waals surface area contributed by atoms with Gasteiger partial charge in [0.25, 0.3) is 0 Å². The highest BCUT2D eigenvalue weighted by Gasteiger charge is 2.21. The predicted molar refractivity (Wildman–Crippen MR) is 77.0 cm³/mol. The van der Waals surface area contributed by atoms with Gasteiger partial charge in [0.1, 0.15) is 5.58 Å². The van der Waals surface area contributed by atoms with Gasteiger partial charge in [0, 0.05) is 42.7 Å². The van der Waals surface area contributed by atoms with Crippen LogP contribution in [0.2, 0.25) is 0 Å².